The second kappa shape index (κ2) is 15.7. The first kappa shape index (κ1) is 33.8. The molecule has 0 saturated carbocycles. The minimum atomic E-state index is -4.63. The number of nitrogens with zero attached hydrogens (tertiary/aromatic N) is 1. The lowest BCUT2D eigenvalue weighted by molar-refractivity contribution is -0.143. The van der Waals surface area contributed by atoms with Crippen molar-refractivity contribution >= 4 is 41.2 Å². The normalized spacial score (nSPS) is 12.8. The Morgan fingerprint density at radius 3 is 2.30 bits per heavy atom. The zero-order valence-electron chi connectivity index (χ0n) is 22.6. The lowest BCUT2D eigenvalue weighted by atomic mass is 10.0. The van der Waals surface area contributed by atoms with Crippen LogP contribution in [0.1, 0.15) is 51.1 Å². The molecule has 230 valence electrons. The number of halogens is 5. The predicted molar refractivity (Wildman–Crippen MR) is 153 cm³/mol. The number of hydrogen-bond acceptors (Lipinski definition) is 6. The molecule has 2 heterocycles. The van der Waals surface area contributed by atoms with Crippen molar-refractivity contribution in [2.75, 3.05) is 13.1 Å². The third kappa shape index (κ3) is 10.5. The van der Waals surface area contributed by atoms with Crippen LogP contribution < -0.4 is 10.6 Å². The number of aromatic nitrogens is 1. The van der Waals surface area contributed by atoms with Gasteiger partial charge in [0, 0.05) is 29.0 Å². The average Bonchev–Trinajstić information content (AvgIpc) is 3.21. The van der Waals surface area contributed by atoms with Crippen LogP contribution in [0.15, 0.2) is 53.6 Å². The highest BCUT2D eigenvalue weighted by atomic mass is 35.5. The molecule has 1 aliphatic rings. The third-order valence-corrected chi connectivity index (χ3v) is 7.88. The topological polar surface area (TPSA) is 129 Å². The van der Waals surface area contributed by atoms with E-state index in [1.807, 2.05) is 6.07 Å². The van der Waals surface area contributed by atoms with Gasteiger partial charge in [-0.05, 0) is 67.4 Å². The van der Waals surface area contributed by atoms with Crippen molar-refractivity contribution in [2.24, 2.45) is 0 Å². The number of rotatable bonds is 9. The van der Waals surface area contributed by atoms with Crippen LogP contribution in [-0.4, -0.2) is 46.1 Å². The number of aliphatic carboxylic acids is 2. The highest BCUT2D eigenvalue weighted by molar-refractivity contribution is 7.98. The van der Waals surface area contributed by atoms with E-state index in [2.05, 4.69) is 21.7 Å². The van der Waals surface area contributed by atoms with Gasteiger partial charge in [-0.15, -0.1) is 11.8 Å². The maximum atomic E-state index is 14.0. The monoisotopic (exact) mass is 641 g/mol. The van der Waals surface area contributed by atoms with Crippen molar-refractivity contribution in [3.05, 3.63) is 93.0 Å². The number of benzene rings is 2. The lowest BCUT2D eigenvalue weighted by Crippen LogP contribution is -2.23. The summed E-state index contributed by atoms with van der Waals surface area (Å²) in [5.74, 6) is -3.11. The van der Waals surface area contributed by atoms with Gasteiger partial charge in [0.05, 0.1) is 34.7 Å². The quantitative estimate of drug-likeness (QED) is 0.172. The fraction of sp³-hybridized carbons (Fsp3) is 0.310. The summed E-state index contributed by atoms with van der Waals surface area (Å²) in [5.41, 5.74) is 2.48. The van der Waals surface area contributed by atoms with Crippen LogP contribution in [0.3, 0.4) is 0 Å². The number of carbonyl (C=O) groups is 3. The molecule has 1 amide bonds. The van der Waals surface area contributed by atoms with Gasteiger partial charge in [0.25, 0.3) is 5.91 Å². The molecule has 0 unspecified atom stereocenters. The summed E-state index contributed by atoms with van der Waals surface area (Å²) < 4.78 is 52.0. The minimum absolute atomic E-state index is 0.0404. The number of carboxylic acids is 2. The molecule has 0 spiro atoms. The number of thioether (sulfide) groups is 1. The molecule has 0 saturated heterocycles. The number of carbonyl (C=O) groups excluding carboxylic acids is 1. The fourth-order valence-corrected chi connectivity index (χ4v) is 5.43. The number of fused-ring (bicyclic) bond motifs is 1. The number of hydrogen-bond donors (Lipinski definition) is 4. The summed E-state index contributed by atoms with van der Waals surface area (Å²) in [6.07, 6.45) is -1.94. The number of pyridine rings is 1. The van der Waals surface area contributed by atoms with Crippen LogP contribution in [0.4, 0.5) is 17.6 Å². The van der Waals surface area contributed by atoms with Gasteiger partial charge in [0.2, 0.25) is 0 Å². The summed E-state index contributed by atoms with van der Waals surface area (Å²) in [6.45, 7) is 1.60. The Morgan fingerprint density at radius 1 is 1.00 bits per heavy atom. The zero-order valence-corrected chi connectivity index (χ0v) is 24.2. The van der Waals surface area contributed by atoms with Gasteiger partial charge in [0.1, 0.15) is 5.82 Å². The van der Waals surface area contributed by atoms with E-state index in [0.29, 0.717) is 16.8 Å². The van der Waals surface area contributed by atoms with E-state index < -0.39 is 35.4 Å². The van der Waals surface area contributed by atoms with Crippen LogP contribution >= 0.6 is 23.4 Å². The molecule has 8 nitrogen and oxygen atoms in total. The van der Waals surface area contributed by atoms with E-state index in [1.54, 1.807) is 23.9 Å². The van der Waals surface area contributed by atoms with E-state index in [0.717, 1.165) is 48.7 Å². The summed E-state index contributed by atoms with van der Waals surface area (Å²) in [5, 5.41) is 22.4. The van der Waals surface area contributed by atoms with Gasteiger partial charge in [-0.3, -0.25) is 19.4 Å². The van der Waals surface area contributed by atoms with E-state index >= 15 is 0 Å². The SMILES string of the molecule is O=C(NCc1ccc(C(F)(F)F)cc1F)c1ccc(CSc2c(Cl)ccc3c2CCNCC3)nc1.O=C(O)CCC(=O)O. The van der Waals surface area contributed by atoms with Gasteiger partial charge < -0.3 is 20.8 Å². The molecule has 1 aliphatic heterocycles. The Morgan fingerprint density at radius 2 is 1.70 bits per heavy atom. The maximum Gasteiger partial charge on any atom is 0.416 e. The second-order valence-electron chi connectivity index (χ2n) is 9.37. The molecule has 1 aromatic heterocycles. The Bertz CT molecular complexity index is 1440. The largest absolute Gasteiger partial charge is 0.481 e. The van der Waals surface area contributed by atoms with Crippen molar-refractivity contribution in [1.82, 2.24) is 15.6 Å². The average molecular weight is 642 g/mol. The van der Waals surface area contributed by atoms with E-state index in [4.69, 9.17) is 21.8 Å². The molecule has 4 rings (SSSR count). The molecular formula is C29H28ClF4N3O5S. The summed E-state index contributed by atoms with van der Waals surface area (Å²) in [7, 11) is 0. The predicted octanol–water partition coefficient (Wildman–Crippen LogP) is 5.74. The van der Waals surface area contributed by atoms with Gasteiger partial charge >= 0.3 is 18.1 Å². The number of amides is 1. The van der Waals surface area contributed by atoms with Crippen molar-refractivity contribution < 1.29 is 42.2 Å². The summed E-state index contributed by atoms with van der Waals surface area (Å²) in [4.78, 5) is 37.1. The first-order valence-corrected chi connectivity index (χ1v) is 14.4. The van der Waals surface area contributed by atoms with Crippen LogP contribution in [-0.2, 0) is 40.9 Å². The molecule has 2 aromatic carbocycles. The Labute approximate surface area is 253 Å². The first-order valence-electron chi connectivity index (χ1n) is 13.0. The molecule has 0 radical (unpaired) electrons. The van der Waals surface area contributed by atoms with Gasteiger partial charge in [0.15, 0.2) is 0 Å². The second-order valence-corrected chi connectivity index (χ2v) is 10.8. The molecule has 3 aromatic rings. The summed E-state index contributed by atoms with van der Waals surface area (Å²) >= 11 is 8.08. The highest BCUT2D eigenvalue weighted by Gasteiger charge is 2.31. The van der Waals surface area contributed by atoms with E-state index in [9.17, 15) is 31.9 Å². The zero-order chi connectivity index (χ0) is 31.6. The third-order valence-electron chi connectivity index (χ3n) is 6.26. The van der Waals surface area contributed by atoms with Crippen LogP contribution in [0.25, 0.3) is 0 Å². The number of alkyl halides is 3. The van der Waals surface area contributed by atoms with E-state index in [-0.39, 0.29) is 30.5 Å². The smallest absolute Gasteiger partial charge is 0.416 e. The van der Waals surface area contributed by atoms with Crippen molar-refractivity contribution in [3.8, 4) is 0 Å². The van der Waals surface area contributed by atoms with Crippen molar-refractivity contribution in [3.63, 3.8) is 0 Å². The number of nitrogens with one attached hydrogen (secondary N) is 2. The number of carboxylic acid groups (broad SMARTS) is 2. The fourth-order valence-electron chi connectivity index (χ4n) is 4.01. The molecule has 0 aliphatic carbocycles. The summed E-state index contributed by atoms with van der Waals surface area (Å²) in [6, 6.07) is 9.57. The van der Waals surface area contributed by atoms with Crippen molar-refractivity contribution in [2.45, 2.75) is 49.1 Å². The molecular weight excluding hydrogens is 614 g/mol. The molecule has 0 atom stereocenters. The Kier molecular flexibility index (Phi) is 12.3. The standard InChI is InChI=1S/C25H22ClF4N3OS.C4H6O4/c26-21-6-3-15-7-9-31-10-8-20(15)23(21)35-14-19-5-2-17(13-32-19)24(34)33-12-16-1-4-18(11-22(16)27)25(28,29)30;5-3(6)1-2-4(7)8/h1-6,11,13,31H,7-10,12,14H2,(H,33,34);1-2H2,(H,5,6)(H,7,8). The first-order chi connectivity index (χ1) is 20.3. The molecule has 43 heavy (non-hydrogen) atoms. The Balaban J connectivity index is 0.000000557. The molecule has 0 bridgehead atoms. The van der Waals surface area contributed by atoms with Crippen LogP contribution in [0.2, 0.25) is 5.02 Å². The van der Waals surface area contributed by atoms with Crippen LogP contribution in [0, 0.1) is 5.82 Å². The Hall–Kier alpha value is -3.68. The van der Waals surface area contributed by atoms with E-state index in [1.165, 1.54) is 17.3 Å². The van der Waals surface area contributed by atoms with Gasteiger partial charge in [-0.1, -0.05) is 23.7 Å². The highest BCUT2D eigenvalue weighted by Crippen LogP contribution is 2.36. The molecule has 0 fully saturated rings. The van der Waals surface area contributed by atoms with Gasteiger partial charge in [-0.2, -0.15) is 13.2 Å². The minimum Gasteiger partial charge on any atom is -0.481 e. The van der Waals surface area contributed by atoms with Gasteiger partial charge in [-0.25, -0.2) is 4.39 Å². The van der Waals surface area contributed by atoms with Crippen molar-refractivity contribution in [1.29, 1.82) is 0 Å². The molecule has 14 heteroatoms. The lowest BCUT2D eigenvalue weighted by Gasteiger charge is -2.14. The molecule has 4 N–H and O–H groups in total. The van der Waals surface area contributed by atoms with Crippen LogP contribution in [0.5, 0.6) is 0 Å². The maximum absolute atomic E-state index is 14.0.